The first-order valence-electron chi connectivity index (χ1n) is 8.03. The molecule has 1 N–H and O–H groups in total. The summed E-state index contributed by atoms with van der Waals surface area (Å²) < 4.78 is 0. The van der Waals surface area contributed by atoms with Gasteiger partial charge in [-0.2, -0.15) is 0 Å². The molecule has 0 amide bonds. The lowest BCUT2D eigenvalue weighted by Crippen LogP contribution is -2.34. The Kier molecular flexibility index (Phi) is 4.96. The molecular weight excluding hydrogens is 272 g/mol. The van der Waals surface area contributed by atoms with Gasteiger partial charge >= 0.3 is 0 Å². The van der Waals surface area contributed by atoms with Crippen molar-refractivity contribution in [1.82, 2.24) is 10.3 Å². The van der Waals surface area contributed by atoms with E-state index in [0.29, 0.717) is 12.3 Å². The van der Waals surface area contributed by atoms with Gasteiger partial charge in [-0.3, -0.25) is 9.78 Å². The Bertz CT molecular complexity index is 591. The first-order chi connectivity index (χ1) is 10.8. The molecule has 3 nitrogen and oxygen atoms in total. The van der Waals surface area contributed by atoms with Crippen molar-refractivity contribution in [2.45, 2.75) is 25.2 Å². The van der Waals surface area contributed by atoms with Crippen molar-refractivity contribution in [1.29, 1.82) is 0 Å². The normalized spacial score (nSPS) is 17.1. The third-order valence-corrected chi connectivity index (χ3v) is 4.44. The lowest BCUT2D eigenvalue weighted by molar-refractivity contribution is -0.121. The van der Waals surface area contributed by atoms with E-state index in [1.807, 2.05) is 36.4 Å². The van der Waals surface area contributed by atoms with E-state index in [0.717, 1.165) is 37.2 Å². The fourth-order valence-corrected chi connectivity index (χ4v) is 3.35. The van der Waals surface area contributed by atoms with Gasteiger partial charge in [0.05, 0.1) is 0 Å². The zero-order valence-electron chi connectivity index (χ0n) is 12.7. The highest BCUT2D eigenvalue weighted by Crippen LogP contribution is 2.32. The van der Waals surface area contributed by atoms with Crippen molar-refractivity contribution < 1.29 is 4.79 Å². The number of carbonyl (C=O) groups is 1. The Morgan fingerprint density at radius 2 is 1.82 bits per heavy atom. The summed E-state index contributed by atoms with van der Waals surface area (Å²) in [7, 11) is 0. The molecule has 1 aliphatic rings. The molecular formula is C19H22N2O. The number of nitrogens with zero attached hydrogens (tertiary/aromatic N) is 1. The number of aromatic nitrogens is 1. The van der Waals surface area contributed by atoms with Gasteiger partial charge in [-0.1, -0.05) is 36.4 Å². The van der Waals surface area contributed by atoms with Crippen molar-refractivity contribution in [3.05, 3.63) is 66.0 Å². The fraction of sp³-hybridized carbons (Fsp3) is 0.368. The number of Topliss-reactive ketones (excluding diaryl/α,β-unsaturated/α-hetero) is 1. The largest absolute Gasteiger partial charge is 0.317 e. The topological polar surface area (TPSA) is 42.0 Å². The van der Waals surface area contributed by atoms with Crippen molar-refractivity contribution in [2.24, 2.45) is 5.92 Å². The molecule has 0 bridgehead atoms. The highest BCUT2D eigenvalue weighted by Gasteiger charge is 2.30. The van der Waals surface area contributed by atoms with Gasteiger partial charge in [-0.25, -0.2) is 0 Å². The Balaban J connectivity index is 1.82. The molecule has 2 aromatic rings. The smallest absolute Gasteiger partial charge is 0.146 e. The molecule has 0 radical (unpaired) electrons. The second-order valence-electron chi connectivity index (χ2n) is 5.94. The van der Waals surface area contributed by atoms with Crippen LogP contribution in [0.15, 0.2) is 54.7 Å². The van der Waals surface area contributed by atoms with Crippen molar-refractivity contribution in [3.63, 3.8) is 0 Å². The number of rotatable bonds is 5. The van der Waals surface area contributed by atoms with Crippen LogP contribution in [0.2, 0.25) is 0 Å². The number of carbonyl (C=O) groups excluding carboxylic acids is 1. The van der Waals surface area contributed by atoms with Crippen LogP contribution in [-0.4, -0.2) is 23.9 Å². The SMILES string of the molecule is O=C(Cc1ccccn1)C(c1ccccc1)C1CCNCC1. The summed E-state index contributed by atoms with van der Waals surface area (Å²) in [6, 6.07) is 16.0. The van der Waals surface area contributed by atoms with Crippen LogP contribution in [-0.2, 0) is 11.2 Å². The molecule has 1 fully saturated rings. The first-order valence-corrected chi connectivity index (χ1v) is 8.03. The molecule has 22 heavy (non-hydrogen) atoms. The maximum atomic E-state index is 13.0. The minimum atomic E-state index is -0.00898. The molecule has 1 atom stereocenters. The van der Waals surface area contributed by atoms with Crippen molar-refractivity contribution >= 4 is 5.78 Å². The van der Waals surface area contributed by atoms with Gasteiger partial charge in [-0.15, -0.1) is 0 Å². The molecule has 3 heteroatoms. The lowest BCUT2D eigenvalue weighted by Gasteiger charge is -2.30. The Morgan fingerprint density at radius 1 is 1.09 bits per heavy atom. The van der Waals surface area contributed by atoms with E-state index in [1.54, 1.807) is 6.20 Å². The molecule has 114 valence electrons. The van der Waals surface area contributed by atoms with E-state index in [-0.39, 0.29) is 11.7 Å². The van der Waals surface area contributed by atoms with Gasteiger partial charge in [-0.05, 0) is 49.5 Å². The third-order valence-electron chi connectivity index (χ3n) is 4.44. The number of hydrogen-bond acceptors (Lipinski definition) is 3. The van der Waals surface area contributed by atoms with E-state index in [9.17, 15) is 4.79 Å². The zero-order valence-corrected chi connectivity index (χ0v) is 12.7. The maximum Gasteiger partial charge on any atom is 0.146 e. The average molecular weight is 294 g/mol. The van der Waals surface area contributed by atoms with Gasteiger partial charge in [0, 0.05) is 24.2 Å². The molecule has 2 heterocycles. The number of nitrogens with one attached hydrogen (secondary N) is 1. The van der Waals surface area contributed by atoms with Gasteiger partial charge < -0.3 is 5.32 Å². The van der Waals surface area contributed by atoms with Crippen molar-refractivity contribution in [3.8, 4) is 0 Å². The van der Waals surface area contributed by atoms with E-state index < -0.39 is 0 Å². The highest BCUT2D eigenvalue weighted by atomic mass is 16.1. The third kappa shape index (κ3) is 3.60. The molecule has 1 unspecified atom stereocenters. The summed E-state index contributed by atoms with van der Waals surface area (Å²) in [6.45, 7) is 2.01. The van der Waals surface area contributed by atoms with Crippen LogP contribution in [0.3, 0.4) is 0 Å². The van der Waals surface area contributed by atoms with Crippen LogP contribution in [0.5, 0.6) is 0 Å². The van der Waals surface area contributed by atoms with E-state index in [4.69, 9.17) is 0 Å². The fourth-order valence-electron chi connectivity index (χ4n) is 3.35. The molecule has 0 saturated carbocycles. The van der Waals surface area contributed by atoms with Gasteiger partial charge in [0.25, 0.3) is 0 Å². The van der Waals surface area contributed by atoms with Crippen LogP contribution in [0.4, 0.5) is 0 Å². The summed E-state index contributed by atoms with van der Waals surface area (Å²) in [5.74, 6) is 0.710. The van der Waals surface area contributed by atoms with Crippen LogP contribution < -0.4 is 5.32 Å². The zero-order chi connectivity index (χ0) is 15.2. The van der Waals surface area contributed by atoms with Crippen LogP contribution in [0, 0.1) is 5.92 Å². The number of pyridine rings is 1. The van der Waals surface area contributed by atoms with Crippen LogP contribution >= 0.6 is 0 Å². The summed E-state index contributed by atoms with van der Waals surface area (Å²) in [5, 5.41) is 3.39. The Labute approximate surface area is 131 Å². The second-order valence-corrected chi connectivity index (χ2v) is 5.94. The Hall–Kier alpha value is -2.00. The summed E-state index contributed by atoms with van der Waals surface area (Å²) in [6.07, 6.45) is 4.30. The number of ketones is 1. The molecule has 1 aliphatic heterocycles. The highest BCUT2D eigenvalue weighted by molar-refractivity contribution is 5.87. The number of hydrogen-bond donors (Lipinski definition) is 1. The maximum absolute atomic E-state index is 13.0. The van der Waals surface area contributed by atoms with Crippen LogP contribution in [0.1, 0.15) is 30.0 Å². The standard InChI is InChI=1S/C19H22N2O/c22-18(14-17-8-4-5-11-21-17)19(15-6-2-1-3-7-15)16-9-12-20-13-10-16/h1-8,11,16,19-20H,9-10,12-14H2. The van der Waals surface area contributed by atoms with Crippen molar-refractivity contribution in [2.75, 3.05) is 13.1 Å². The first kappa shape index (κ1) is 14.9. The second kappa shape index (κ2) is 7.32. The minimum Gasteiger partial charge on any atom is -0.317 e. The lowest BCUT2D eigenvalue weighted by atomic mass is 9.77. The monoisotopic (exact) mass is 294 g/mol. The molecule has 1 saturated heterocycles. The minimum absolute atomic E-state index is 0.00898. The summed E-state index contributed by atoms with van der Waals surface area (Å²) in [4.78, 5) is 17.3. The molecule has 1 aromatic carbocycles. The average Bonchev–Trinajstić information content (AvgIpc) is 2.58. The molecule has 3 rings (SSSR count). The summed E-state index contributed by atoms with van der Waals surface area (Å²) >= 11 is 0. The quantitative estimate of drug-likeness (QED) is 0.922. The summed E-state index contributed by atoms with van der Waals surface area (Å²) in [5.41, 5.74) is 2.01. The van der Waals surface area contributed by atoms with Gasteiger partial charge in [0.2, 0.25) is 0 Å². The van der Waals surface area contributed by atoms with Crippen LogP contribution in [0.25, 0.3) is 0 Å². The van der Waals surface area contributed by atoms with E-state index in [2.05, 4.69) is 22.4 Å². The predicted octanol–water partition coefficient (Wildman–Crippen LogP) is 2.98. The predicted molar refractivity (Wildman–Crippen MR) is 87.7 cm³/mol. The van der Waals surface area contributed by atoms with Gasteiger partial charge in [0.1, 0.15) is 5.78 Å². The van der Waals surface area contributed by atoms with E-state index >= 15 is 0 Å². The molecule has 0 spiro atoms. The number of piperidine rings is 1. The molecule has 0 aliphatic carbocycles. The van der Waals surface area contributed by atoms with E-state index in [1.165, 1.54) is 0 Å². The molecule has 1 aromatic heterocycles. The number of benzene rings is 1. The van der Waals surface area contributed by atoms with Gasteiger partial charge in [0.15, 0.2) is 0 Å². The Morgan fingerprint density at radius 3 is 2.50 bits per heavy atom.